The van der Waals surface area contributed by atoms with E-state index in [1.807, 2.05) is 19.9 Å². The summed E-state index contributed by atoms with van der Waals surface area (Å²) in [5, 5.41) is 0. The topological polar surface area (TPSA) is 66.9 Å². The normalized spacial score (nSPS) is 18.8. The molecule has 2 fully saturated rings. The number of amides is 1. The number of likely N-dealkylation sites (tertiary alicyclic amines) is 1. The fourth-order valence-electron chi connectivity index (χ4n) is 4.57. The van der Waals surface area contributed by atoms with Gasteiger partial charge in [-0.15, -0.1) is 0 Å². The third-order valence-electron chi connectivity index (χ3n) is 6.86. The quantitative estimate of drug-likeness (QED) is 0.632. The van der Waals surface area contributed by atoms with Gasteiger partial charge in [0.2, 0.25) is 15.9 Å². The number of hydrogen-bond donors (Lipinski definition) is 0. The summed E-state index contributed by atoms with van der Waals surface area (Å²) in [5.41, 5.74) is 1.97. The first-order chi connectivity index (χ1) is 16.1. The van der Waals surface area contributed by atoms with E-state index >= 15 is 0 Å². The lowest BCUT2D eigenvalue weighted by Gasteiger charge is -2.37. The molecule has 2 heterocycles. The first-order valence-electron chi connectivity index (χ1n) is 11.6. The number of ether oxygens (including phenoxy) is 1. The van der Waals surface area contributed by atoms with Crippen molar-refractivity contribution in [1.82, 2.24) is 9.21 Å². The molecular weight excluding hydrogens is 462 g/mol. The number of hydrogen-bond acceptors (Lipinski definition) is 4. The summed E-state index contributed by atoms with van der Waals surface area (Å²) in [7, 11) is -3.58. The standard InChI is InChI=1S/C25H30F2N2O4S/c1-17-3-5-22(15-18(17)2)34(31,32)29-13-7-19(8-14-29)25(30)28-11-9-21(10-12-28)33-24-6-4-20(26)16-23(24)27/h3-6,15-16,19,21H,7-14H2,1-2H3. The summed E-state index contributed by atoms with van der Waals surface area (Å²) < 4.78 is 60.1. The zero-order chi connectivity index (χ0) is 24.5. The van der Waals surface area contributed by atoms with E-state index in [1.54, 1.807) is 17.0 Å². The molecule has 184 valence electrons. The van der Waals surface area contributed by atoms with Gasteiger partial charge in [0.15, 0.2) is 11.6 Å². The van der Waals surface area contributed by atoms with Crippen molar-refractivity contribution < 1.29 is 26.7 Å². The Kier molecular flexibility index (Phi) is 7.23. The highest BCUT2D eigenvalue weighted by Gasteiger charge is 2.35. The van der Waals surface area contributed by atoms with Crippen molar-refractivity contribution in [3.63, 3.8) is 0 Å². The SMILES string of the molecule is Cc1ccc(S(=O)(=O)N2CCC(C(=O)N3CCC(Oc4ccc(F)cc4F)CC3)CC2)cc1C. The van der Waals surface area contributed by atoms with Gasteiger partial charge in [-0.1, -0.05) is 6.07 Å². The van der Waals surface area contributed by atoms with E-state index in [2.05, 4.69) is 0 Å². The molecule has 34 heavy (non-hydrogen) atoms. The molecule has 2 aromatic carbocycles. The van der Waals surface area contributed by atoms with Gasteiger partial charge in [0.25, 0.3) is 0 Å². The number of piperidine rings is 2. The van der Waals surface area contributed by atoms with Gasteiger partial charge in [-0.2, -0.15) is 4.31 Å². The molecule has 0 bridgehead atoms. The molecule has 2 aliphatic heterocycles. The van der Waals surface area contributed by atoms with Crippen LogP contribution in [0.1, 0.15) is 36.8 Å². The zero-order valence-corrected chi connectivity index (χ0v) is 20.3. The van der Waals surface area contributed by atoms with Crippen LogP contribution in [0.5, 0.6) is 5.75 Å². The van der Waals surface area contributed by atoms with Gasteiger partial charge in [-0.3, -0.25) is 4.79 Å². The molecule has 0 spiro atoms. The highest BCUT2D eigenvalue weighted by molar-refractivity contribution is 7.89. The fourth-order valence-corrected chi connectivity index (χ4v) is 6.12. The minimum atomic E-state index is -3.58. The molecule has 0 saturated carbocycles. The second-order valence-electron chi connectivity index (χ2n) is 9.14. The van der Waals surface area contributed by atoms with E-state index in [9.17, 15) is 22.0 Å². The van der Waals surface area contributed by atoms with Gasteiger partial charge in [0, 0.05) is 51.0 Å². The van der Waals surface area contributed by atoms with Crippen molar-refractivity contribution in [1.29, 1.82) is 0 Å². The van der Waals surface area contributed by atoms with Crippen LogP contribution in [0.2, 0.25) is 0 Å². The Labute approximate surface area is 199 Å². The Morgan fingerprint density at radius 3 is 2.21 bits per heavy atom. The monoisotopic (exact) mass is 492 g/mol. The Morgan fingerprint density at radius 1 is 0.912 bits per heavy atom. The van der Waals surface area contributed by atoms with E-state index in [1.165, 1.54) is 10.4 Å². The summed E-state index contributed by atoms with van der Waals surface area (Å²) >= 11 is 0. The van der Waals surface area contributed by atoms with E-state index in [-0.39, 0.29) is 23.7 Å². The van der Waals surface area contributed by atoms with Gasteiger partial charge in [-0.25, -0.2) is 17.2 Å². The van der Waals surface area contributed by atoms with Crippen LogP contribution in [0.4, 0.5) is 8.78 Å². The summed E-state index contributed by atoms with van der Waals surface area (Å²) in [6.45, 7) is 5.45. The number of benzene rings is 2. The molecule has 0 atom stereocenters. The number of carbonyl (C=O) groups is 1. The van der Waals surface area contributed by atoms with E-state index in [4.69, 9.17) is 4.74 Å². The van der Waals surface area contributed by atoms with Gasteiger partial charge < -0.3 is 9.64 Å². The molecule has 0 N–H and O–H groups in total. The molecule has 0 aromatic heterocycles. The molecule has 2 aliphatic rings. The zero-order valence-electron chi connectivity index (χ0n) is 19.5. The number of rotatable bonds is 5. The third kappa shape index (κ3) is 5.25. The molecule has 9 heteroatoms. The second kappa shape index (κ2) is 10.00. The lowest BCUT2D eigenvalue weighted by Crippen LogP contribution is -2.47. The molecule has 4 rings (SSSR count). The Balaban J connectivity index is 1.29. The molecular formula is C25H30F2N2O4S. The van der Waals surface area contributed by atoms with E-state index in [0.29, 0.717) is 56.8 Å². The predicted octanol–water partition coefficient (Wildman–Crippen LogP) is 4.05. The van der Waals surface area contributed by atoms with E-state index in [0.717, 1.165) is 23.3 Å². The molecule has 0 unspecified atom stereocenters. The fraction of sp³-hybridized carbons (Fsp3) is 0.480. The number of carbonyl (C=O) groups excluding carboxylic acids is 1. The number of nitrogens with zero attached hydrogens (tertiary/aromatic N) is 2. The van der Waals surface area contributed by atoms with Crippen molar-refractivity contribution >= 4 is 15.9 Å². The molecule has 0 radical (unpaired) electrons. The first-order valence-corrected chi connectivity index (χ1v) is 13.1. The maximum absolute atomic E-state index is 13.8. The minimum absolute atomic E-state index is 0.0172. The highest BCUT2D eigenvalue weighted by Crippen LogP contribution is 2.28. The van der Waals surface area contributed by atoms with E-state index < -0.39 is 21.7 Å². The molecule has 2 saturated heterocycles. The first kappa shape index (κ1) is 24.6. The Hall–Kier alpha value is -2.52. The van der Waals surface area contributed by atoms with Crippen molar-refractivity contribution in [2.75, 3.05) is 26.2 Å². The minimum Gasteiger partial charge on any atom is -0.487 e. The van der Waals surface area contributed by atoms with Gasteiger partial charge in [-0.05, 0) is 62.1 Å². The highest BCUT2D eigenvalue weighted by atomic mass is 32.2. The van der Waals surface area contributed by atoms with Crippen LogP contribution in [0.25, 0.3) is 0 Å². The van der Waals surface area contributed by atoms with Gasteiger partial charge in [0.1, 0.15) is 11.9 Å². The smallest absolute Gasteiger partial charge is 0.243 e. The third-order valence-corrected chi connectivity index (χ3v) is 8.76. The Bertz CT molecular complexity index is 1160. The van der Waals surface area contributed by atoms with Crippen LogP contribution >= 0.6 is 0 Å². The second-order valence-corrected chi connectivity index (χ2v) is 11.1. The number of aryl methyl sites for hydroxylation is 2. The molecule has 2 aromatic rings. The van der Waals surface area contributed by atoms with Gasteiger partial charge >= 0.3 is 0 Å². The van der Waals surface area contributed by atoms with Crippen LogP contribution in [-0.2, 0) is 14.8 Å². The van der Waals surface area contributed by atoms with Crippen LogP contribution < -0.4 is 4.74 Å². The van der Waals surface area contributed by atoms with Crippen molar-refractivity contribution in [2.45, 2.75) is 50.5 Å². The Morgan fingerprint density at radius 2 is 1.59 bits per heavy atom. The van der Waals surface area contributed by atoms with Gasteiger partial charge in [0.05, 0.1) is 4.90 Å². The van der Waals surface area contributed by atoms with Crippen molar-refractivity contribution in [2.24, 2.45) is 5.92 Å². The van der Waals surface area contributed by atoms with Crippen LogP contribution in [0, 0.1) is 31.4 Å². The number of sulfonamides is 1. The lowest BCUT2D eigenvalue weighted by atomic mass is 9.95. The average molecular weight is 493 g/mol. The van der Waals surface area contributed by atoms with Crippen LogP contribution in [0.3, 0.4) is 0 Å². The van der Waals surface area contributed by atoms with Crippen LogP contribution in [0.15, 0.2) is 41.3 Å². The summed E-state index contributed by atoms with van der Waals surface area (Å²) in [5.74, 6) is -1.55. The largest absolute Gasteiger partial charge is 0.487 e. The summed E-state index contributed by atoms with van der Waals surface area (Å²) in [6, 6.07) is 8.38. The maximum atomic E-state index is 13.8. The molecule has 0 aliphatic carbocycles. The predicted molar refractivity (Wildman–Crippen MR) is 124 cm³/mol. The van der Waals surface area contributed by atoms with Crippen LogP contribution in [-0.4, -0.2) is 55.8 Å². The number of halogens is 2. The summed E-state index contributed by atoms with van der Waals surface area (Å²) in [4.78, 5) is 15.1. The molecule has 6 nitrogen and oxygen atoms in total. The van der Waals surface area contributed by atoms with Crippen molar-refractivity contribution in [3.8, 4) is 5.75 Å². The average Bonchev–Trinajstić information content (AvgIpc) is 2.82. The lowest BCUT2D eigenvalue weighted by molar-refractivity contribution is -0.138. The maximum Gasteiger partial charge on any atom is 0.243 e. The molecule has 1 amide bonds. The van der Waals surface area contributed by atoms with Crippen molar-refractivity contribution in [3.05, 3.63) is 59.2 Å². The summed E-state index contributed by atoms with van der Waals surface area (Å²) in [6.07, 6.45) is 1.85.